The number of hydrogen-bond donors (Lipinski definition) is 2. The van der Waals surface area contributed by atoms with E-state index in [2.05, 4.69) is 32.6 Å². The van der Waals surface area contributed by atoms with Crippen molar-refractivity contribution in [1.29, 1.82) is 0 Å². The van der Waals surface area contributed by atoms with Crippen LogP contribution in [0.4, 0.5) is 23.4 Å². The zero-order valence-electron chi connectivity index (χ0n) is 20.3. The minimum atomic E-state index is -4.49. The first-order valence-electron chi connectivity index (χ1n) is 11.6. The Kier molecular flexibility index (Phi) is 7.83. The summed E-state index contributed by atoms with van der Waals surface area (Å²) in [6.07, 6.45) is -4.97. The smallest absolute Gasteiger partial charge is 0.393 e. The van der Waals surface area contributed by atoms with Gasteiger partial charge in [0, 0.05) is 30.9 Å². The second-order valence-electron chi connectivity index (χ2n) is 8.72. The molecule has 37 heavy (non-hydrogen) atoms. The number of nitrogens with one attached hydrogen (secondary N) is 2. The lowest BCUT2D eigenvalue weighted by atomic mass is 10.0. The predicted octanol–water partition coefficient (Wildman–Crippen LogP) is 3.08. The largest absolute Gasteiger partial charge is 0.481 e. The molecule has 1 saturated heterocycles. The first kappa shape index (κ1) is 26.2. The van der Waals surface area contributed by atoms with Crippen molar-refractivity contribution < 1.29 is 27.1 Å². The van der Waals surface area contributed by atoms with Crippen LogP contribution in [0.1, 0.15) is 28.0 Å². The standard InChI is InChI=1S/C25H26F4N6O2/c1-34-12-10-20(18(26)15-34)32-22-7-3-6-21-17(13-25(27,28)29)19(33-35(21)22)5-4-11-30-24(36)16-8-9-23(37-2)31-14-16/h3,6-9,14,18,20,32H,10-13,15H2,1-2H3,(H,30,36)/t18-,20+/m0/s1. The van der Waals surface area contributed by atoms with Crippen LogP contribution in [-0.2, 0) is 6.42 Å². The number of rotatable bonds is 6. The van der Waals surface area contributed by atoms with E-state index < -0.39 is 30.7 Å². The number of pyridine rings is 2. The van der Waals surface area contributed by atoms with Gasteiger partial charge in [0.1, 0.15) is 17.7 Å². The summed E-state index contributed by atoms with van der Waals surface area (Å²) in [6, 6.07) is 7.32. The van der Waals surface area contributed by atoms with Gasteiger partial charge in [-0.15, -0.1) is 0 Å². The number of aromatic nitrogens is 3. The van der Waals surface area contributed by atoms with Crippen LogP contribution < -0.4 is 15.4 Å². The summed E-state index contributed by atoms with van der Waals surface area (Å²) in [4.78, 5) is 18.1. The van der Waals surface area contributed by atoms with Crippen molar-refractivity contribution in [3.8, 4) is 17.7 Å². The highest BCUT2D eigenvalue weighted by Gasteiger charge is 2.32. The number of anilines is 1. The van der Waals surface area contributed by atoms with Gasteiger partial charge in [-0.2, -0.15) is 18.3 Å². The highest BCUT2D eigenvalue weighted by molar-refractivity contribution is 5.94. The molecule has 4 rings (SSSR count). The fourth-order valence-corrected chi connectivity index (χ4v) is 4.10. The van der Waals surface area contributed by atoms with E-state index in [0.29, 0.717) is 24.7 Å². The Morgan fingerprint density at radius 2 is 2.08 bits per heavy atom. The number of carbonyl (C=O) groups excluding carboxylic acids is 1. The van der Waals surface area contributed by atoms with E-state index in [9.17, 15) is 22.4 Å². The van der Waals surface area contributed by atoms with Crippen LogP contribution in [0.25, 0.3) is 5.52 Å². The minimum Gasteiger partial charge on any atom is -0.481 e. The maximum Gasteiger partial charge on any atom is 0.393 e. The van der Waals surface area contributed by atoms with Gasteiger partial charge in [0.15, 0.2) is 0 Å². The van der Waals surface area contributed by atoms with E-state index in [-0.39, 0.29) is 35.4 Å². The van der Waals surface area contributed by atoms with Crippen molar-refractivity contribution in [2.75, 3.05) is 39.1 Å². The lowest BCUT2D eigenvalue weighted by Gasteiger charge is -2.33. The van der Waals surface area contributed by atoms with Gasteiger partial charge in [-0.25, -0.2) is 13.9 Å². The molecule has 8 nitrogen and oxygen atoms in total. The maximum atomic E-state index is 14.6. The van der Waals surface area contributed by atoms with Crippen molar-refractivity contribution in [1.82, 2.24) is 24.8 Å². The summed E-state index contributed by atoms with van der Waals surface area (Å²) in [6.45, 7) is 0.844. The average Bonchev–Trinajstić information content (AvgIpc) is 3.20. The third-order valence-electron chi connectivity index (χ3n) is 5.97. The van der Waals surface area contributed by atoms with Gasteiger partial charge < -0.3 is 20.3 Å². The molecule has 0 saturated carbocycles. The molecule has 3 aromatic heterocycles. The van der Waals surface area contributed by atoms with Gasteiger partial charge in [-0.3, -0.25) is 4.79 Å². The number of fused-ring (bicyclic) bond motifs is 1. The third kappa shape index (κ3) is 6.48. The Hall–Kier alpha value is -3.85. The first-order chi connectivity index (χ1) is 17.6. The molecule has 1 aliphatic rings. The van der Waals surface area contributed by atoms with E-state index >= 15 is 0 Å². The summed E-state index contributed by atoms with van der Waals surface area (Å²) in [7, 11) is 3.29. The van der Waals surface area contributed by atoms with E-state index in [0.717, 1.165) is 0 Å². The van der Waals surface area contributed by atoms with Crippen molar-refractivity contribution in [3.63, 3.8) is 0 Å². The van der Waals surface area contributed by atoms with Crippen molar-refractivity contribution in [3.05, 3.63) is 53.3 Å². The van der Waals surface area contributed by atoms with Gasteiger partial charge in [0.2, 0.25) is 5.88 Å². The summed E-state index contributed by atoms with van der Waals surface area (Å²) in [5, 5.41) is 9.98. The van der Waals surface area contributed by atoms with Crippen LogP contribution >= 0.6 is 0 Å². The van der Waals surface area contributed by atoms with E-state index in [4.69, 9.17) is 4.74 Å². The fraction of sp³-hybridized carbons (Fsp3) is 0.400. The first-order valence-corrected chi connectivity index (χ1v) is 11.6. The lowest BCUT2D eigenvalue weighted by Crippen LogP contribution is -2.46. The van der Waals surface area contributed by atoms with E-state index in [1.54, 1.807) is 12.1 Å². The Balaban J connectivity index is 1.56. The molecule has 0 aromatic carbocycles. The second-order valence-corrected chi connectivity index (χ2v) is 8.72. The number of carbonyl (C=O) groups is 1. The molecule has 0 radical (unpaired) electrons. The Morgan fingerprint density at radius 1 is 1.27 bits per heavy atom. The molecule has 12 heteroatoms. The van der Waals surface area contributed by atoms with Gasteiger partial charge in [0.25, 0.3) is 5.91 Å². The molecule has 1 amide bonds. The average molecular weight is 519 g/mol. The zero-order chi connectivity index (χ0) is 26.6. The van der Waals surface area contributed by atoms with Crippen LogP contribution in [-0.4, -0.2) is 77.6 Å². The molecule has 0 spiro atoms. The molecule has 2 atom stereocenters. The van der Waals surface area contributed by atoms with Gasteiger partial charge in [-0.05, 0) is 37.6 Å². The topological polar surface area (TPSA) is 83.8 Å². The SMILES string of the molecule is COc1ccc(C(=O)NCC#Cc2nn3c(N[C@@H]4CCN(C)C[C@@H]4F)cccc3c2CC(F)(F)F)cn1. The van der Waals surface area contributed by atoms with Crippen LogP contribution in [0.2, 0.25) is 0 Å². The number of ether oxygens (including phenoxy) is 1. The lowest BCUT2D eigenvalue weighted by molar-refractivity contribution is -0.127. The van der Waals surface area contributed by atoms with Crippen LogP contribution in [0.15, 0.2) is 36.5 Å². The summed E-state index contributed by atoms with van der Waals surface area (Å²) in [5.41, 5.74) is 0.355. The van der Waals surface area contributed by atoms with Crippen LogP contribution in [0, 0.1) is 11.8 Å². The number of piperidine rings is 1. The highest BCUT2D eigenvalue weighted by Crippen LogP contribution is 2.28. The molecule has 4 heterocycles. The molecule has 1 fully saturated rings. The Morgan fingerprint density at radius 3 is 2.76 bits per heavy atom. The molecule has 3 aromatic rings. The zero-order valence-corrected chi connectivity index (χ0v) is 20.3. The number of likely N-dealkylation sites (tertiary alicyclic amines) is 1. The van der Waals surface area contributed by atoms with Gasteiger partial charge in [0.05, 0.1) is 37.2 Å². The fourth-order valence-electron chi connectivity index (χ4n) is 4.10. The van der Waals surface area contributed by atoms with E-state index in [1.165, 1.54) is 36.0 Å². The van der Waals surface area contributed by atoms with E-state index in [1.807, 2.05) is 11.9 Å². The quantitative estimate of drug-likeness (QED) is 0.386. The molecular formula is C25H26F4N6O2. The summed E-state index contributed by atoms with van der Waals surface area (Å²) >= 11 is 0. The number of methoxy groups -OCH3 is 1. The third-order valence-corrected chi connectivity index (χ3v) is 5.97. The number of alkyl halides is 4. The van der Waals surface area contributed by atoms with Crippen molar-refractivity contribution >= 4 is 17.2 Å². The monoisotopic (exact) mass is 518 g/mol. The number of nitrogens with zero attached hydrogens (tertiary/aromatic N) is 4. The maximum absolute atomic E-state index is 14.6. The molecular weight excluding hydrogens is 492 g/mol. The van der Waals surface area contributed by atoms with Gasteiger partial charge in [-0.1, -0.05) is 12.0 Å². The minimum absolute atomic E-state index is 0.0629. The number of hydrogen-bond acceptors (Lipinski definition) is 6. The molecule has 1 aliphatic heterocycles. The molecule has 196 valence electrons. The second kappa shape index (κ2) is 11.0. The summed E-state index contributed by atoms with van der Waals surface area (Å²) in [5.74, 6) is 5.61. The van der Waals surface area contributed by atoms with Gasteiger partial charge >= 0.3 is 6.18 Å². The van der Waals surface area contributed by atoms with Crippen molar-refractivity contribution in [2.24, 2.45) is 0 Å². The molecule has 0 aliphatic carbocycles. The van der Waals surface area contributed by atoms with Crippen LogP contribution in [0.5, 0.6) is 5.88 Å². The Labute approximate surface area is 211 Å². The predicted molar refractivity (Wildman–Crippen MR) is 129 cm³/mol. The highest BCUT2D eigenvalue weighted by atomic mass is 19.4. The Bertz CT molecular complexity index is 1310. The molecule has 2 N–H and O–H groups in total. The van der Waals surface area contributed by atoms with Crippen molar-refractivity contribution in [2.45, 2.75) is 31.2 Å². The number of halogens is 4. The molecule has 0 bridgehead atoms. The molecule has 0 unspecified atom stereocenters. The van der Waals surface area contributed by atoms with Crippen LogP contribution in [0.3, 0.4) is 0 Å². The normalized spacial score (nSPS) is 18.2. The number of amides is 1. The summed E-state index contributed by atoms with van der Waals surface area (Å²) < 4.78 is 61.0.